The summed E-state index contributed by atoms with van der Waals surface area (Å²) in [6.45, 7) is 15.9. The number of carbonyl (C=O) groups is 5. The summed E-state index contributed by atoms with van der Waals surface area (Å²) in [5, 5.41) is 21.1. The Bertz CT molecular complexity index is 1690. The van der Waals surface area contributed by atoms with Crippen LogP contribution in [0.5, 0.6) is 0 Å². The lowest BCUT2D eigenvalue weighted by molar-refractivity contribution is -0.149. The fourth-order valence-corrected chi connectivity index (χ4v) is 8.35. The smallest absolute Gasteiger partial charge is 0.309 e. The Hall–Kier alpha value is -4.11. The van der Waals surface area contributed by atoms with Gasteiger partial charge in [-0.3, -0.25) is 24.0 Å². The molecule has 1 aromatic carbocycles. The minimum atomic E-state index is -1.21. The van der Waals surface area contributed by atoms with E-state index in [1.165, 1.54) is 19.1 Å². The molecule has 0 radical (unpaired) electrons. The monoisotopic (exact) mass is 830 g/mol. The van der Waals surface area contributed by atoms with E-state index in [1.807, 2.05) is 25.7 Å². The standard InChI is InChI=1S/C43H67FN6O7S/c1-9-11-12-13-19-50(41(54)33(14-10-2)48-38(52)34-20-27(5)17-18-46-34)36(26(3)4)23-37(57-28(6)51)40-49-35(25-58-40)39(53)47-30(24-43(7,8)42(55)56)21-29-15-16-32(45)31(44)22-29/h15-16,22,25-27,30,33-34,36-37,46H,9-14,17-21,23-24,45H2,1-8H3,(H,47,53)(H,48,52)(H,55,56)/t27-,30+,33+,34-,36-,37-/m1/s1. The van der Waals surface area contributed by atoms with E-state index in [4.69, 9.17) is 10.5 Å². The van der Waals surface area contributed by atoms with E-state index in [0.717, 1.165) is 50.0 Å². The van der Waals surface area contributed by atoms with Crippen LogP contribution >= 0.6 is 11.3 Å². The second-order valence-electron chi connectivity index (χ2n) is 16.9. The predicted molar refractivity (Wildman–Crippen MR) is 225 cm³/mol. The zero-order valence-electron chi connectivity index (χ0n) is 35.7. The molecular weight excluding hydrogens is 764 g/mol. The summed E-state index contributed by atoms with van der Waals surface area (Å²) in [6.07, 6.45) is 6.08. The summed E-state index contributed by atoms with van der Waals surface area (Å²) in [7, 11) is 0. The van der Waals surface area contributed by atoms with E-state index in [2.05, 4.69) is 34.8 Å². The zero-order valence-corrected chi connectivity index (χ0v) is 36.5. The van der Waals surface area contributed by atoms with Gasteiger partial charge in [0.25, 0.3) is 5.91 Å². The number of nitrogen functional groups attached to an aromatic ring is 1. The lowest BCUT2D eigenvalue weighted by atomic mass is 9.84. The third kappa shape index (κ3) is 14.6. The van der Waals surface area contributed by atoms with Gasteiger partial charge < -0.3 is 36.4 Å². The van der Waals surface area contributed by atoms with Crippen molar-refractivity contribution in [1.29, 1.82) is 0 Å². The lowest BCUT2D eigenvalue weighted by Gasteiger charge is -2.39. The van der Waals surface area contributed by atoms with Gasteiger partial charge in [-0.1, -0.05) is 66.4 Å². The molecule has 1 aromatic heterocycles. The van der Waals surface area contributed by atoms with Gasteiger partial charge in [0.15, 0.2) is 6.10 Å². The lowest BCUT2D eigenvalue weighted by Crippen LogP contribution is -2.57. The van der Waals surface area contributed by atoms with Gasteiger partial charge in [0.1, 0.15) is 22.6 Å². The number of anilines is 1. The van der Waals surface area contributed by atoms with Gasteiger partial charge in [-0.25, -0.2) is 9.37 Å². The molecule has 3 rings (SSSR count). The number of nitrogens with one attached hydrogen (secondary N) is 3. The van der Waals surface area contributed by atoms with Crippen LogP contribution in [-0.4, -0.2) is 81.9 Å². The van der Waals surface area contributed by atoms with Crippen molar-refractivity contribution in [2.24, 2.45) is 17.3 Å². The highest BCUT2D eigenvalue weighted by molar-refractivity contribution is 7.09. The van der Waals surface area contributed by atoms with Crippen LogP contribution < -0.4 is 21.7 Å². The highest BCUT2D eigenvalue weighted by atomic mass is 32.1. The minimum Gasteiger partial charge on any atom is -0.481 e. The van der Waals surface area contributed by atoms with Gasteiger partial charge in [-0.2, -0.15) is 0 Å². The molecule has 1 saturated heterocycles. The number of aliphatic carboxylic acids is 1. The number of nitrogens with two attached hydrogens (primary N) is 1. The number of carboxylic acid groups (broad SMARTS) is 1. The molecule has 6 atom stereocenters. The van der Waals surface area contributed by atoms with Crippen molar-refractivity contribution in [2.45, 2.75) is 156 Å². The normalized spacial score (nSPS) is 17.8. The number of ether oxygens (including phenoxy) is 1. The van der Waals surface area contributed by atoms with E-state index >= 15 is 0 Å². The molecule has 13 nitrogen and oxygen atoms in total. The number of piperidine rings is 1. The quantitative estimate of drug-likeness (QED) is 0.0452. The van der Waals surface area contributed by atoms with E-state index in [1.54, 1.807) is 25.3 Å². The van der Waals surface area contributed by atoms with Crippen molar-refractivity contribution in [3.63, 3.8) is 0 Å². The van der Waals surface area contributed by atoms with Crippen LogP contribution in [0.15, 0.2) is 23.6 Å². The number of amides is 3. The molecule has 1 aliphatic heterocycles. The van der Waals surface area contributed by atoms with E-state index in [-0.39, 0.29) is 54.4 Å². The van der Waals surface area contributed by atoms with Crippen LogP contribution in [0.4, 0.5) is 10.1 Å². The van der Waals surface area contributed by atoms with Gasteiger partial charge >= 0.3 is 11.9 Å². The predicted octanol–water partition coefficient (Wildman–Crippen LogP) is 6.81. The molecule has 2 heterocycles. The van der Waals surface area contributed by atoms with Crippen molar-refractivity contribution < 1.29 is 38.2 Å². The number of halogens is 1. The molecular formula is C43H67FN6O7S. The fraction of sp³-hybridized carbons (Fsp3) is 0.674. The molecule has 2 aromatic rings. The van der Waals surface area contributed by atoms with E-state index < -0.39 is 53.3 Å². The number of unbranched alkanes of at least 4 members (excludes halogenated alkanes) is 3. The maximum absolute atomic E-state index is 14.6. The molecule has 0 bridgehead atoms. The number of carboxylic acids is 1. The average Bonchev–Trinajstić information content (AvgIpc) is 3.65. The Morgan fingerprint density at radius 2 is 1.84 bits per heavy atom. The van der Waals surface area contributed by atoms with Crippen LogP contribution in [0.2, 0.25) is 0 Å². The number of aromatic nitrogens is 1. The SMILES string of the molecule is CCCCCCN(C(=O)[C@H](CCC)NC(=O)[C@H]1C[C@H](C)CCN1)[C@H](C[C@@H](OC(C)=O)c1nc(C(=O)N[C@@H](Cc2ccc(N)c(F)c2)CC(C)(C)C(=O)O)cs1)C(C)C. The molecule has 0 aliphatic carbocycles. The Morgan fingerprint density at radius 1 is 1.12 bits per heavy atom. The van der Waals surface area contributed by atoms with E-state index in [9.17, 15) is 33.5 Å². The molecule has 0 spiro atoms. The topological polar surface area (TPSA) is 193 Å². The molecule has 3 amide bonds. The first-order chi connectivity index (χ1) is 27.4. The number of esters is 1. The van der Waals surface area contributed by atoms with Gasteiger partial charge in [-0.05, 0) is 88.4 Å². The number of hydrogen-bond donors (Lipinski definition) is 5. The third-order valence-corrected chi connectivity index (χ3v) is 11.8. The Morgan fingerprint density at radius 3 is 2.45 bits per heavy atom. The van der Waals surface area contributed by atoms with Crippen LogP contribution in [-0.2, 0) is 30.3 Å². The summed E-state index contributed by atoms with van der Waals surface area (Å²) in [4.78, 5) is 72.9. The summed E-state index contributed by atoms with van der Waals surface area (Å²) in [6, 6.07) is 2.12. The zero-order chi connectivity index (χ0) is 43.2. The van der Waals surface area contributed by atoms with E-state index in [0.29, 0.717) is 42.3 Å². The Labute approximate surface area is 347 Å². The third-order valence-electron chi connectivity index (χ3n) is 10.9. The number of rotatable bonds is 23. The van der Waals surface area contributed by atoms with Gasteiger partial charge in [0.2, 0.25) is 11.8 Å². The highest BCUT2D eigenvalue weighted by Gasteiger charge is 2.37. The fourth-order valence-electron chi connectivity index (χ4n) is 7.51. The van der Waals surface area contributed by atoms with Crippen molar-refractivity contribution >= 4 is 46.7 Å². The average molecular weight is 831 g/mol. The van der Waals surface area contributed by atoms with Gasteiger partial charge in [-0.15, -0.1) is 11.3 Å². The first-order valence-electron chi connectivity index (χ1n) is 20.9. The number of nitrogens with zero attached hydrogens (tertiary/aromatic N) is 2. The first kappa shape index (κ1) is 48.3. The van der Waals surface area contributed by atoms with Crippen molar-refractivity contribution in [1.82, 2.24) is 25.8 Å². The largest absolute Gasteiger partial charge is 0.481 e. The number of thiazole rings is 1. The molecule has 0 unspecified atom stereocenters. The van der Waals surface area contributed by atoms with Crippen LogP contribution in [0.25, 0.3) is 0 Å². The van der Waals surface area contributed by atoms with Crippen molar-refractivity contribution in [2.75, 3.05) is 18.8 Å². The summed E-state index contributed by atoms with van der Waals surface area (Å²) in [5.74, 6) is -2.81. The molecule has 6 N–H and O–H groups in total. The maximum atomic E-state index is 14.6. The molecule has 1 aliphatic rings. The van der Waals surface area contributed by atoms with Crippen LogP contribution in [0.1, 0.15) is 147 Å². The molecule has 324 valence electrons. The molecule has 0 saturated carbocycles. The van der Waals surface area contributed by atoms with Crippen LogP contribution in [0.3, 0.4) is 0 Å². The van der Waals surface area contributed by atoms with Gasteiger partial charge in [0.05, 0.1) is 17.1 Å². The molecule has 1 fully saturated rings. The second-order valence-corrected chi connectivity index (χ2v) is 17.8. The summed E-state index contributed by atoms with van der Waals surface area (Å²) >= 11 is 1.14. The van der Waals surface area contributed by atoms with Crippen molar-refractivity contribution in [3.8, 4) is 0 Å². The Kier molecular flexibility index (Phi) is 19.0. The Balaban J connectivity index is 1.92. The highest BCUT2D eigenvalue weighted by Crippen LogP contribution is 2.32. The second kappa shape index (κ2) is 22.9. The maximum Gasteiger partial charge on any atom is 0.309 e. The van der Waals surface area contributed by atoms with Crippen LogP contribution in [0, 0.1) is 23.1 Å². The molecule has 58 heavy (non-hydrogen) atoms. The number of hydrogen-bond acceptors (Lipinski definition) is 10. The number of benzene rings is 1. The molecule has 15 heteroatoms. The van der Waals surface area contributed by atoms with Crippen molar-refractivity contribution in [3.05, 3.63) is 45.7 Å². The summed E-state index contributed by atoms with van der Waals surface area (Å²) < 4.78 is 20.2. The van der Waals surface area contributed by atoms with Gasteiger partial charge in [0, 0.05) is 37.4 Å². The minimum absolute atomic E-state index is 0.0225. The number of carbonyl (C=O) groups excluding carboxylic acids is 4. The first-order valence-corrected chi connectivity index (χ1v) is 21.8. The summed E-state index contributed by atoms with van der Waals surface area (Å²) in [5.41, 5.74) is 5.00.